The van der Waals surface area contributed by atoms with Gasteiger partial charge in [-0.1, -0.05) is 31.5 Å². The number of carbonyl (C=O) groups is 2. The van der Waals surface area contributed by atoms with E-state index in [1.165, 1.54) is 9.80 Å². The summed E-state index contributed by atoms with van der Waals surface area (Å²) in [5.74, 6) is -1.84. The summed E-state index contributed by atoms with van der Waals surface area (Å²) >= 11 is 0.379. The number of hydrogen-bond donors (Lipinski definition) is 2. The van der Waals surface area contributed by atoms with Crippen LogP contribution < -0.4 is 9.47 Å². The Balaban J connectivity index is 1.33. The van der Waals surface area contributed by atoms with Crippen molar-refractivity contribution >= 4 is 23.2 Å². The summed E-state index contributed by atoms with van der Waals surface area (Å²) in [7, 11) is 0. The molecule has 2 aliphatic heterocycles. The molecule has 17 heteroatoms. The summed E-state index contributed by atoms with van der Waals surface area (Å²) in [4.78, 5) is 32.3. The van der Waals surface area contributed by atoms with Crippen molar-refractivity contribution in [2.45, 2.75) is 106 Å². The number of para-hydroxylation sites is 1. The third kappa shape index (κ3) is 8.19. The molecule has 3 aromatic rings. The zero-order valence-corrected chi connectivity index (χ0v) is 31.3. The minimum absolute atomic E-state index is 0.0133. The normalized spacial score (nSPS) is 25.0. The monoisotopic (exact) mass is 808 g/mol. The van der Waals surface area contributed by atoms with E-state index in [2.05, 4.69) is 11.1 Å². The van der Waals surface area contributed by atoms with E-state index in [-0.39, 0.29) is 63.6 Å². The van der Waals surface area contributed by atoms with E-state index < -0.39 is 69.6 Å². The number of aliphatic hydroxyl groups is 1. The molecular weight excluding hydrogens is 767 g/mol. The van der Waals surface area contributed by atoms with Crippen LogP contribution >= 0.6 is 11.3 Å². The van der Waals surface area contributed by atoms with Gasteiger partial charge in [0, 0.05) is 42.8 Å². The molecule has 0 radical (unpaired) electrons. The van der Waals surface area contributed by atoms with Crippen molar-refractivity contribution in [2.75, 3.05) is 19.6 Å². The van der Waals surface area contributed by atoms with Crippen molar-refractivity contribution in [2.24, 2.45) is 5.92 Å². The average molecular weight is 809 g/mol. The van der Waals surface area contributed by atoms with Gasteiger partial charge in [-0.25, -0.2) is 0 Å². The first-order chi connectivity index (χ1) is 26.5. The second-order valence-electron chi connectivity index (χ2n) is 14.7. The highest BCUT2D eigenvalue weighted by atomic mass is 32.1. The molecule has 302 valence electrons. The summed E-state index contributed by atoms with van der Waals surface area (Å²) in [5.41, 5.74) is -4.31. The highest BCUT2D eigenvalue weighted by Gasteiger charge is 2.57. The quantitative estimate of drug-likeness (QED) is 0.185. The van der Waals surface area contributed by atoms with Crippen molar-refractivity contribution in [1.82, 2.24) is 14.8 Å². The number of halogens is 6. The minimum atomic E-state index is -4.86. The van der Waals surface area contributed by atoms with E-state index in [0.29, 0.717) is 48.3 Å². The molecule has 5 atom stereocenters. The molecule has 0 spiro atoms. The second-order valence-corrected chi connectivity index (χ2v) is 15.6. The number of aromatic nitrogens is 1. The smallest absolute Gasteiger partial charge is 0.425 e. The Morgan fingerprint density at radius 3 is 2.41 bits per heavy atom. The molecule has 2 saturated heterocycles. The third-order valence-corrected chi connectivity index (χ3v) is 12.2. The van der Waals surface area contributed by atoms with Gasteiger partial charge in [-0.2, -0.15) is 31.6 Å². The minimum Gasteiger partial charge on any atom is -0.490 e. The molecule has 2 aromatic heterocycles. The predicted octanol–water partition coefficient (Wildman–Crippen LogP) is 7.97. The van der Waals surface area contributed by atoms with Gasteiger partial charge >= 0.3 is 18.3 Å². The van der Waals surface area contributed by atoms with Crippen molar-refractivity contribution in [3.8, 4) is 17.6 Å². The second kappa shape index (κ2) is 16.2. The molecule has 3 fully saturated rings. The molecule has 2 N–H and O–H groups in total. The molecule has 10 nitrogen and oxygen atoms in total. The Morgan fingerprint density at radius 2 is 1.79 bits per heavy atom. The van der Waals surface area contributed by atoms with Crippen molar-refractivity contribution in [1.29, 1.82) is 5.26 Å². The number of rotatable bonds is 11. The number of thiophene rings is 1. The van der Waals surface area contributed by atoms with E-state index in [4.69, 9.17) is 9.47 Å². The van der Waals surface area contributed by atoms with Crippen LogP contribution in [0.1, 0.15) is 92.6 Å². The number of carboxylic acids is 1. The maximum Gasteiger partial charge on any atom is 0.425 e. The van der Waals surface area contributed by atoms with Gasteiger partial charge in [-0.15, -0.1) is 11.3 Å². The van der Waals surface area contributed by atoms with Gasteiger partial charge in [0.05, 0.1) is 40.8 Å². The van der Waals surface area contributed by atoms with Crippen LogP contribution in [-0.4, -0.2) is 74.3 Å². The summed E-state index contributed by atoms with van der Waals surface area (Å²) in [6, 6.07) is 11.0. The van der Waals surface area contributed by atoms with E-state index in [1.54, 1.807) is 31.2 Å². The SMILES string of the molecule is CCCC1N(C(O)c2ncccc2C(F)(F)F)CCCC1(Oc1csc(C(F)(F)F)c1)C(=O)N1CCC(C#N)(c2ccccc2OC2CCC(C(=O)O)C2)CC1. The first kappa shape index (κ1) is 41.2. The van der Waals surface area contributed by atoms with Crippen molar-refractivity contribution < 1.29 is 55.6 Å². The number of nitrogens with zero attached hydrogens (tertiary/aromatic N) is 4. The van der Waals surface area contributed by atoms with Crippen LogP contribution in [0.3, 0.4) is 0 Å². The molecule has 1 saturated carbocycles. The Hall–Kier alpha value is -4.40. The fourth-order valence-electron chi connectivity index (χ4n) is 8.46. The number of carboxylic acid groups (broad SMARTS) is 1. The van der Waals surface area contributed by atoms with Crippen LogP contribution in [-0.2, 0) is 27.4 Å². The zero-order chi connectivity index (χ0) is 40.5. The maximum absolute atomic E-state index is 15.0. The number of amides is 1. The molecule has 1 aliphatic carbocycles. The Labute approximate surface area is 323 Å². The fraction of sp³-hybridized carbons (Fsp3) is 0.538. The Bertz CT molecular complexity index is 1930. The lowest BCUT2D eigenvalue weighted by atomic mass is 9.72. The number of aliphatic carboxylic acids is 1. The Kier molecular flexibility index (Phi) is 11.9. The number of pyridine rings is 1. The van der Waals surface area contributed by atoms with Gasteiger partial charge < -0.3 is 24.6 Å². The predicted molar refractivity (Wildman–Crippen MR) is 190 cm³/mol. The Morgan fingerprint density at radius 1 is 1.05 bits per heavy atom. The van der Waals surface area contributed by atoms with Crippen LogP contribution in [0.15, 0.2) is 54.0 Å². The summed E-state index contributed by atoms with van der Waals surface area (Å²) in [6.45, 7) is 1.86. The lowest BCUT2D eigenvalue weighted by molar-refractivity contribution is -0.175. The third-order valence-electron chi connectivity index (χ3n) is 11.2. The van der Waals surface area contributed by atoms with Crippen LogP contribution in [0, 0.1) is 17.2 Å². The van der Waals surface area contributed by atoms with Gasteiger partial charge in [0.25, 0.3) is 5.91 Å². The van der Waals surface area contributed by atoms with Crippen LogP contribution in [0.25, 0.3) is 0 Å². The number of carbonyl (C=O) groups excluding carboxylic acids is 1. The molecule has 3 aliphatic rings. The van der Waals surface area contributed by atoms with Gasteiger partial charge in [-0.3, -0.25) is 19.5 Å². The first-order valence-corrected chi connectivity index (χ1v) is 19.4. The fourth-order valence-corrected chi connectivity index (χ4v) is 9.14. The van der Waals surface area contributed by atoms with Gasteiger partial charge in [-0.05, 0) is 69.6 Å². The topological polar surface area (TPSA) is 136 Å². The van der Waals surface area contributed by atoms with Gasteiger partial charge in [0.2, 0.25) is 5.60 Å². The number of nitriles is 1. The van der Waals surface area contributed by atoms with Gasteiger partial charge in [0.15, 0.2) is 6.23 Å². The molecular formula is C39H42F6N4O6S. The van der Waals surface area contributed by atoms with E-state index in [1.807, 2.05) is 0 Å². The molecule has 5 unspecified atom stereocenters. The highest BCUT2D eigenvalue weighted by molar-refractivity contribution is 7.10. The van der Waals surface area contributed by atoms with Crippen molar-refractivity contribution in [3.63, 3.8) is 0 Å². The molecule has 56 heavy (non-hydrogen) atoms. The van der Waals surface area contributed by atoms with Crippen LogP contribution in [0.4, 0.5) is 26.3 Å². The van der Waals surface area contributed by atoms with E-state index in [0.717, 1.165) is 29.8 Å². The number of benzene rings is 1. The van der Waals surface area contributed by atoms with Crippen LogP contribution in [0.2, 0.25) is 0 Å². The van der Waals surface area contributed by atoms with E-state index >= 15 is 4.79 Å². The standard InChI is InChI=1S/C39H42F6N4O6S/c1-2-7-30-37(55-26-21-31(56-22-26)39(43,44)45,13-6-17-49(30)33(50)32-28(38(40,41)42)9-5-16-47-32)35(53)48-18-14-36(23-46,15-19-48)27-8-3-4-10-29(27)54-25-12-11-24(20-25)34(51)52/h3-5,8-10,16,21-22,24-25,30,33,50H,2,6-7,11-15,17-20H2,1H3,(H,51,52). The molecule has 6 rings (SSSR count). The average Bonchev–Trinajstić information content (AvgIpc) is 3.85. The van der Waals surface area contributed by atoms with Crippen LogP contribution in [0.5, 0.6) is 11.5 Å². The number of alkyl halides is 6. The van der Waals surface area contributed by atoms with Gasteiger partial charge in [0.1, 0.15) is 16.4 Å². The van der Waals surface area contributed by atoms with E-state index in [9.17, 15) is 46.6 Å². The summed E-state index contributed by atoms with van der Waals surface area (Å²) in [6.07, 6.45) is -8.53. The van der Waals surface area contributed by atoms with Crippen molar-refractivity contribution in [3.05, 3.63) is 75.7 Å². The molecule has 1 aromatic carbocycles. The largest absolute Gasteiger partial charge is 0.490 e. The molecule has 4 heterocycles. The lowest BCUT2D eigenvalue weighted by Gasteiger charge is -2.52. The lowest BCUT2D eigenvalue weighted by Crippen LogP contribution is -2.68. The number of piperidine rings is 2. The summed E-state index contributed by atoms with van der Waals surface area (Å²) in [5, 5.41) is 32.9. The summed E-state index contributed by atoms with van der Waals surface area (Å²) < 4.78 is 96.2. The number of aliphatic hydroxyl groups excluding tert-OH is 1. The number of likely N-dealkylation sites (tertiary alicyclic amines) is 2. The molecule has 1 amide bonds. The maximum atomic E-state index is 15.0. The zero-order valence-electron chi connectivity index (χ0n) is 30.5. The first-order valence-electron chi connectivity index (χ1n) is 18.5. The number of hydrogen-bond acceptors (Lipinski definition) is 9. The number of ether oxygens (including phenoxy) is 2. The highest BCUT2D eigenvalue weighted by Crippen LogP contribution is 2.46. The molecule has 0 bridgehead atoms.